The third-order valence-electron chi connectivity index (χ3n) is 4.63. The fourth-order valence-corrected chi connectivity index (χ4v) is 3.47. The molecular formula is C20H18N2O4. The molecule has 0 amide bonds. The molecule has 0 radical (unpaired) electrons. The number of fused-ring (bicyclic) bond motifs is 4. The van der Waals surface area contributed by atoms with Gasteiger partial charge < -0.3 is 23.8 Å². The van der Waals surface area contributed by atoms with Crippen LogP contribution in [0.15, 0.2) is 36.5 Å². The second kappa shape index (κ2) is 5.78. The molecule has 0 saturated carbocycles. The number of hydrogen-bond donors (Lipinski definition) is 0. The van der Waals surface area contributed by atoms with Crippen LogP contribution in [-0.2, 0) is 6.54 Å². The van der Waals surface area contributed by atoms with E-state index < -0.39 is 0 Å². The van der Waals surface area contributed by atoms with Crippen molar-refractivity contribution in [3.8, 4) is 34.3 Å². The van der Waals surface area contributed by atoms with E-state index >= 15 is 0 Å². The van der Waals surface area contributed by atoms with Crippen molar-refractivity contribution in [2.45, 2.75) is 6.54 Å². The van der Waals surface area contributed by atoms with E-state index in [0.29, 0.717) is 0 Å². The van der Waals surface area contributed by atoms with Gasteiger partial charge in [-0.3, -0.25) is 4.98 Å². The van der Waals surface area contributed by atoms with Crippen molar-refractivity contribution in [3.63, 3.8) is 0 Å². The highest BCUT2D eigenvalue weighted by molar-refractivity contribution is 5.93. The van der Waals surface area contributed by atoms with E-state index in [0.717, 1.165) is 57.1 Å². The number of rotatable bonds is 3. The summed E-state index contributed by atoms with van der Waals surface area (Å²) in [6.07, 6.45) is 1.87. The second-order valence-corrected chi connectivity index (χ2v) is 6.65. The van der Waals surface area contributed by atoms with Gasteiger partial charge in [-0.15, -0.1) is 0 Å². The number of nitrogens with zero attached hydrogens (tertiary/aromatic N) is 2. The Bertz CT molecular complexity index is 1020. The van der Waals surface area contributed by atoms with Crippen molar-refractivity contribution in [1.82, 2.24) is 9.88 Å². The summed E-state index contributed by atoms with van der Waals surface area (Å²) in [5.74, 6) is 3.13. The number of aromatic nitrogens is 1. The SMILES string of the molecule is CN(C)Cc1c(-c2cc3c4c(ccc3cn2)OCO4)ccc2c1OCO2. The fraction of sp³-hybridized carbons (Fsp3) is 0.250. The predicted molar refractivity (Wildman–Crippen MR) is 96.8 cm³/mol. The minimum Gasteiger partial charge on any atom is -0.454 e. The summed E-state index contributed by atoms with van der Waals surface area (Å²) in [7, 11) is 4.07. The van der Waals surface area contributed by atoms with Crippen molar-refractivity contribution in [2.75, 3.05) is 27.7 Å². The molecule has 6 nitrogen and oxygen atoms in total. The molecule has 3 heterocycles. The van der Waals surface area contributed by atoms with E-state index in [-0.39, 0.29) is 13.6 Å². The first-order valence-electron chi connectivity index (χ1n) is 8.45. The molecule has 2 aliphatic heterocycles. The quantitative estimate of drug-likeness (QED) is 0.721. The lowest BCUT2D eigenvalue weighted by atomic mass is 10.00. The van der Waals surface area contributed by atoms with Gasteiger partial charge in [-0.2, -0.15) is 0 Å². The first kappa shape index (κ1) is 15.3. The summed E-state index contributed by atoms with van der Waals surface area (Å²) in [6, 6.07) is 9.96. The number of ether oxygens (including phenoxy) is 4. The molecule has 3 aromatic rings. The summed E-state index contributed by atoms with van der Waals surface area (Å²) < 4.78 is 22.4. The van der Waals surface area contributed by atoms with Gasteiger partial charge in [0.25, 0.3) is 0 Å². The lowest BCUT2D eigenvalue weighted by molar-refractivity contribution is 0.172. The molecular weight excluding hydrogens is 332 g/mol. The maximum atomic E-state index is 5.73. The zero-order chi connectivity index (χ0) is 17.7. The second-order valence-electron chi connectivity index (χ2n) is 6.65. The molecule has 132 valence electrons. The smallest absolute Gasteiger partial charge is 0.231 e. The van der Waals surface area contributed by atoms with E-state index in [1.54, 1.807) is 0 Å². The van der Waals surface area contributed by atoms with Crippen LogP contribution >= 0.6 is 0 Å². The predicted octanol–water partition coefficient (Wildman–Crippen LogP) is 3.42. The maximum Gasteiger partial charge on any atom is 0.231 e. The third-order valence-corrected chi connectivity index (χ3v) is 4.63. The number of hydrogen-bond acceptors (Lipinski definition) is 6. The Morgan fingerprint density at radius 3 is 2.46 bits per heavy atom. The first-order chi connectivity index (χ1) is 12.7. The highest BCUT2D eigenvalue weighted by Crippen LogP contribution is 2.43. The molecule has 2 aliphatic rings. The number of pyridine rings is 1. The van der Waals surface area contributed by atoms with E-state index in [1.165, 1.54) is 0 Å². The topological polar surface area (TPSA) is 53.1 Å². The minimum atomic E-state index is 0.252. The maximum absolute atomic E-state index is 5.73. The molecule has 5 rings (SSSR count). The van der Waals surface area contributed by atoms with E-state index in [1.807, 2.05) is 44.6 Å². The molecule has 0 aliphatic carbocycles. The summed E-state index contributed by atoms with van der Waals surface area (Å²) in [5, 5.41) is 2.02. The van der Waals surface area contributed by atoms with Gasteiger partial charge in [0.05, 0.1) is 5.69 Å². The lowest BCUT2D eigenvalue weighted by Gasteiger charge is -2.16. The van der Waals surface area contributed by atoms with Gasteiger partial charge in [0.2, 0.25) is 13.6 Å². The average Bonchev–Trinajstić information content (AvgIpc) is 3.30. The van der Waals surface area contributed by atoms with Gasteiger partial charge >= 0.3 is 0 Å². The highest BCUT2D eigenvalue weighted by Gasteiger charge is 2.23. The van der Waals surface area contributed by atoms with Gasteiger partial charge in [-0.1, -0.05) is 0 Å². The minimum absolute atomic E-state index is 0.252. The Morgan fingerprint density at radius 1 is 0.923 bits per heavy atom. The molecule has 0 atom stereocenters. The average molecular weight is 350 g/mol. The third kappa shape index (κ3) is 2.34. The van der Waals surface area contributed by atoms with E-state index in [9.17, 15) is 0 Å². The van der Waals surface area contributed by atoms with Crippen LogP contribution in [0.5, 0.6) is 23.0 Å². The van der Waals surface area contributed by atoms with Gasteiger partial charge in [-0.05, 0) is 44.4 Å². The Hall–Kier alpha value is -2.99. The molecule has 2 aromatic carbocycles. The standard InChI is InChI=1S/C20H18N2O4/c1-22(2)9-15-13(4-6-18-20(15)26-11-24-18)16-7-14-12(8-21-16)3-5-17-19(14)25-10-23-17/h3-8H,9-11H2,1-2H3. The van der Waals surface area contributed by atoms with Crippen molar-refractivity contribution in [3.05, 3.63) is 42.1 Å². The largest absolute Gasteiger partial charge is 0.454 e. The lowest BCUT2D eigenvalue weighted by Crippen LogP contribution is -2.12. The van der Waals surface area contributed by atoms with Gasteiger partial charge in [0.15, 0.2) is 23.0 Å². The monoisotopic (exact) mass is 350 g/mol. The van der Waals surface area contributed by atoms with Crippen LogP contribution < -0.4 is 18.9 Å². The van der Waals surface area contributed by atoms with Crippen LogP contribution in [0.4, 0.5) is 0 Å². The highest BCUT2D eigenvalue weighted by atomic mass is 16.7. The van der Waals surface area contributed by atoms with Crippen molar-refractivity contribution in [1.29, 1.82) is 0 Å². The summed E-state index contributed by atoms with van der Waals surface area (Å²) >= 11 is 0. The molecule has 0 fully saturated rings. The Labute approximate surface area is 150 Å². The molecule has 0 N–H and O–H groups in total. The van der Waals surface area contributed by atoms with E-state index in [2.05, 4.69) is 16.0 Å². The molecule has 0 bridgehead atoms. The van der Waals surface area contributed by atoms with Crippen LogP contribution in [0, 0.1) is 0 Å². The summed E-state index contributed by atoms with van der Waals surface area (Å²) in [5.41, 5.74) is 2.97. The molecule has 26 heavy (non-hydrogen) atoms. The molecule has 6 heteroatoms. The molecule has 1 aromatic heterocycles. The Kier molecular flexibility index (Phi) is 3.39. The molecule has 0 saturated heterocycles. The van der Waals surface area contributed by atoms with Crippen LogP contribution in [0.1, 0.15) is 5.56 Å². The fourth-order valence-electron chi connectivity index (χ4n) is 3.47. The molecule has 0 spiro atoms. The van der Waals surface area contributed by atoms with Crippen LogP contribution in [-0.4, -0.2) is 37.6 Å². The van der Waals surface area contributed by atoms with Gasteiger partial charge in [0, 0.05) is 34.6 Å². The van der Waals surface area contributed by atoms with Gasteiger partial charge in [-0.25, -0.2) is 0 Å². The zero-order valence-corrected chi connectivity index (χ0v) is 14.6. The van der Waals surface area contributed by atoms with Crippen LogP contribution in [0.3, 0.4) is 0 Å². The van der Waals surface area contributed by atoms with Crippen molar-refractivity contribution < 1.29 is 18.9 Å². The van der Waals surface area contributed by atoms with Crippen molar-refractivity contribution in [2.24, 2.45) is 0 Å². The van der Waals surface area contributed by atoms with Crippen molar-refractivity contribution >= 4 is 10.8 Å². The summed E-state index contributed by atoms with van der Waals surface area (Å²) in [6.45, 7) is 1.24. The Morgan fingerprint density at radius 2 is 1.65 bits per heavy atom. The molecule has 0 unspecified atom stereocenters. The first-order valence-corrected chi connectivity index (χ1v) is 8.45. The Balaban J connectivity index is 1.70. The van der Waals surface area contributed by atoms with Crippen LogP contribution in [0.2, 0.25) is 0 Å². The zero-order valence-electron chi connectivity index (χ0n) is 14.6. The van der Waals surface area contributed by atoms with E-state index in [4.69, 9.17) is 18.9 Å². The number of benzene rings is 2. The summed E-state index contributed by atoms with van der Waals surface area (Å²) in [4.78, 5) is 6.79. The van der Waals surface area contributed by atoms with Crippen LogP contribution in [0.25, 0.3) is 22.0 Å². The van der Waals surface area contributed by atoms with Gasteiger partial charge in [0.1, 0.15) is 0 Å². The normalized spacial score (nSPS) is 14.4.